The van der Waals surface area contributed by atoms with Gasteiger partial charge in [0.15, 0.2) is 8.68 Å². The van der Waals surface area contributed by atoms with Crippen LogP contribution in [0.25, 0.3) is 0 Å². The molecule has 0 bridgehead atoms. The zero-order chi connectivity index (χ0) is 31.5. The van der Waals surface area contributed by atoms with Gasteiger partial charge >= 0.3 is 11.9 Å². The van der Waals surface area contributed by atoms with Gasteiger partial charge in [-0.1, -0.05) is 47.0 Å². The number of rotatable bonds is 14. The number of aliphatic carboxylic acids is 2. The zero-order valence-electron chi connectivity index (χ0n) is 22.7. The van der Waals surface area contributed by atoms with Crippen molar-refractivity contribution in [2.45, 2.75) is 45.4 Å². The lowest BCUT2D eigenvalue weighted by Crippen LogP contribution is -2.70. The number of hydrogen-bond acceptors (Lipinski definition) is 13. The molecule has 4 amide bonds. The topological polar surface area (TPSA) is 207 Å². The molecular formula is C26H25N5O9S4. The summed E-state index contributed by atoms with van der Waals surface area (Å²) in [7, 11) is 0. The van der Waals surface area contributed by atoms with Crippen LogP contribution in [0.2, 0.25) is 0 Å². The van der Waals surface area contributed by atoms with Gasteiger partial charge in [0.1, 0.15) is 23.2 Å². The number of β-lactam (4-membered cyclic amide) rings is 1. The molecule has 0 radical (unpaired) electrons. The van der Waals surface area contributed by atoms with Crippen LogP contribution in [0.1, 0.15) is 40.0 Å². The standard InChI is InChI=1S/C26H25N5O9S4/c32-8-9-41-25-28-29-26(44-25)43-11-12-10-42-22-17(21(36)31(22)18(12)24(39)40)27-16(33)7-3-6-15(23(37)38)30-19(34)13-4-1-2-5-14(13)20(30)35/h1-2,4-5,15,17,22,32H,3,6-11H2,(H,27,33)(H,37,38)(H,39,40)/t15?,17?,22-/m0/s1. The number of imide groups is 1. The zero-order valence-corrected chi connectivity index (χ0v) is 26.0. The number of fused-ring (bicyclic) bond motifs is 2. The van der Waals surface area contributed by atoms with Crippen molar-refractivity contribution in [1.82, 2.24) is 25.3 Å². The smallest absolute Gasteiger partial charge is 0.352 e. The van der Waals surface area contributed by atoms with Gasteiger partial charge in [0.2, 0.25) is 5.91 Å². The van der Waals surface area contributed by atoms with Gasteiger partial charge in [-0.3, -0.25) is 29.0 Å². The van der Waals surface area contributed by atoms with Crippen molar-refractivity contribution < 1.29 is 44.1 Å². The maximum atomic E-state index is 13.0. The van der Waals surface area contributed by atoms with Crippen molar-refractivity contribution >= 4 is 82.2 Å². The minimum absolute atomic E-state index is 0.00912. The minimum Gasteiger partial charge on any atom is -0.480 e. The summed E-state index contributed by atoms with van der Waals surface area (Å²) in [6.07, 6.45) is -0.315. The summed E-state index contributed by atoms with van der Waals surface area (Å²) in [4.78, 5) is 77.1. The first-order chi connectivity index (χ1) is 21.1. The lowest BCUT2D eigenvalue weighted by atomic mass is 10.0. The van der Waals surface area contributed by atoms with E-state index in [1.807, 2.05) is 0 Å². The van der Waals surface area contributed by atoms with E-state index in [1.54, 1.807) is 12.1 Å². The number of thioether (sulfide) groups is 3. The number of nitrogens with one attached hydrogen (secondary N) is 1. The number of nitrogens with zero attached hydrogens (tertiary/aromatic N) is 4. The van der Waals surface area contributed by atoms with E-state index in [-0.39, 0.29) is 48.4 Å². The Kier molecular flexibility index (Phi) is 9.94. The molecule has 3 aliphatic heterocycles. The van der Waals surface area contributed by atoms with Crippen molar-refractivity contribution in [3.63, 3.8) is 0 Å². The molecule has 4 heterocycles. The highest BCUT2D eigenvalue weighted by Gasteiger charge is 2.54. The Bertz CT molecular complexity index is 1530. The number of aliphatic hydroxyl groups is 1. The summed E-state index contributed by atoms with van der Waals surface area (Å²) in [6, 6.07) is 3.64. The average Bonchev–Trinajstić information content (AvgIpc) is 3.56. The number of aromatic nitrogens is 2. The summed E-state index contributed by atoms with van der Waals surface area (Å²) >= 11 is 5.31. The highest BCUT2D eigenvalue weighted by atomic mass is 32.2. The first-order valence-electron chi connectivity index (χ1n) is 13.2. The molecule has 4 N–H and O–H groups in total. The molecule has 232 valence electrons. The van der Waals surface area contributed by atoms with Gasteiger partial charge in [-0.05, 0) is 30.5 Å². The van der Waals surface area contributed by atoms with Crippen LogP contribution in [-0.2, 0) is 19.2 Å². The third-order valence-corrected chi connectivity index (χ3v) is 11.5. The maximum Gasteiger partial charge on any atom is 0.352 e. The number of carboxylic acids is 2. The predicted molar refractivity (Wildman–Crippen MR) is 160 cm³/mol. The molecule has 3 aliphatic rings. The molecule has 0 saturated carbocycles. The van der Waals surface area contributed by atoms with Crippen molar-refractivity contribution in [1.29, 1.82) is 0 Å². The molecule has 3 atom stereocenters. The molecule has 18 heteroatoms. The molecule has 5 rings (SSSR count). The second kappa shape index (κ2) is 13.7. The number of amides is 4. The van der Waals surface area contributed by atoms with E-state index in [9.17, 15) is 39.0 Å². The summed E-state index contributed by atoms with van der Waals surface area (Å²) in [5.41, 5.74) is 0.661. The predicted octanol–water partition coefficient (Wildman–Crippen LogP) is 1.37. The van der Waals surface area contributed by atoms with Crippen molar-refractivity contribution in [3.8, 4) is 0 Å². The van der Waals surface area contributed by atoms with Gasteiger partial charge in [0.05, 0.1) is 17.7 Å². The Hall–Kier alpha value is -3.45. The Labute approximate surface area is 266 Å². The highest BCUT2D eigenvalue weighted by molar-refractivity contribution is 8.03. The van der Waals surface area contributed by atoms with Gasteiger partial charge in [-0.2, -0.15) is 0 Å². The van der Waals surface area contributed by atoms with Crippen LogP contribution in [0.4, 0.5) is 0 Å². The van der Waals surface area contributed by atoms with E-state index >= 15 is 0 Å². The Morgan fingerprint density at radius 3 is 2.32 bits per heavy atom. The molecule has 44 heavy (non-hydrogen) atoms. The lowest BCUT2D eigenvalue weighted by Gasteiger charge is -2.49. The Balaban J connectivity index is 1.15. The van der Waals surface area contributed by atoms with Gasteiger partial charge in [-0.15, -0.1) is 22.0 Å². The van der Waals surface area contributed by atoms with Crippen LogP contribution in [0.15, 0.2) is 44.2 Å². The van der Waals surface area contributed by atoms with Crippen LogP contribution in [0, 0.1) is 0 Å². The molecule has 2 aromatic rings. The van der Waals surface area contributed by atoms with Crippen LogP contribution >= 0.6 is 46.6 Å². The third kappa shape index (κ3) is 6.35. The second-order valence-electron chi connectivity index (χ2n) is 9.68. The second-order valence-corrected chi connectivity index (χ2v) is 14.3. The fraction of sp³-hybridized carbons (Fsp3) is 0.385. The number of benzene rings is 1. The largest absolute Gasteiger partial charge is 0.480 e. The number of hydrogen-bond donors (Lipinski definition) is 4. The first kappa shape index (κ1) is 32.0. The molecule has 1 saturated heterocycles. The van der Waals surface area contributed by atoms with E-state index in [1.165, 1.54) is 63.7 Å². The molecule has 1 fully saturated rings. The number of aliphatic hydroxyl groups excluding tert-OH is 1. The summed E-state index contributed by atoms with van der Waals surface area (Å²) in [5, 5.41) is 38.7. The molecule has 14 nitrogen and oxygen atoms in total. The van der Waals surface area contributed by atoms with Crippen LogP contribution in [0.5, 0.6) is 0 Å². The fourth-order valence-corrected chi connectivity index (χ4v) is 9.26. The first-order valence-corrected chi connectivity index (χ1v) is 17.0. The molecule has 1 aromatic heterocycles. The number of carbonyl (C=O) groups is 6. The maximum absolute atomic E-state index is 13.0. The Morgan fingerprint density at radius 1 is 1.05 bits per heavy atom. The van der Waals surface area contributed by atoms with Crippen LogP contribution in [-0.4, -0.2) is 112 Å². The minimum atomic E-state index is -1.46. The normalized spacial score (nSPS) is 19.9. The van der Waals surface area contributed by atoms with Gasteiger partial charge in [-0.25, -0.2) is 9.59 Å². The molecule has 0 aliphatic carbocycles. The van der Waals surface area contributed by atoms with Gasteiger partial charge in [0, 0.05) is 23.7 Å². The number of carbonyl (C=O) groups excluding carboxylic acids is 4. The highest BCUT2D eigenvalue weighted by Crippen LogP contribution is 2.42. The molecule has 0 spiro atoms. The van der Waals surface area contributed by atoms with Crippen LogP contribution in [0.3, 0.4) is 0 Å². The van der Waals surface area contributed by atoms with E-state index < -0.39 is 53.0 Å². The van der Waals surface area contributed by atoms with Crippen molar-refractivity contribution in [2.75, 3.05) is 23.9 Å². The quantitative estimate of drug-likeness (QED) is 0.126. The van der Waals surface area contributed by atoms with E-state index in [4.69, 9.17) is 5.11 Å². The molecule has 1 aromatic carbocycles. The Morgan fingerprint density at radius 2 is 1.70 bits per heavy atom. The van der Waals surface area contributed by atoms with E-state index in [0.717, 1.165) is 0 Å². The third-order valence-electron chi connectivity index (χ3n) is 6.94. The molecule has 2 unspecified atom stereocenters. The summed E-state index contributed by atoms with van der Waals surface area (Å²) in [6.45, 7) is 0.00912. The molecular weight excluding hydrogens is 655 g/mol. The monoisotopic (exact) mass is 679 g/mol. The average molecular weight is 680 g/mol. The van der Waals surface area contributed by atoms with Gasteiger partial charge < -0.3 is 20.6 Å². The van der Waals surface area contributed by atoms with Crippen molar-refractivity contribution in [3.05, 3.63) is 46.7 Å². The van der Waals surface area contributed by atoms with E-state index in [2.05, 4.69) is 15.5 Å². The fourth-order valence-electron chi connectivity index (χ4n) is 4.95. The van der Waals surface area contributed by atoms with Gasteiger partial charge in [0.25, 0.3) is 17.7 Å². The van der Waals surface area contributed by atoms with Crippen LogP contribution < -0.4 is 5.32 Å². The SMILES string of the molecule is O=C(CCCC(C(=O)O)N1C(=O)c2ccccc2C1=O)NC1C(=O)N2C(C(=O)O)=C(CSc3nnc(SCCO)s3)CS[C@@H]12. The lowest BCUT2D eigenvalue weighted by molar-refractivity contribution is -0.150. The van der Waals surface area contributed by atoms with Crippen molar-refractivity contribution in [2.24, 2.45) is 0 Å². The number of carboxylic acid groups (broad SMARTS) is 2. The summed E-state index contributed by atoms with van der Waals surface area (Å²) < 4.78 is 1.31. The van der Waals surface area contributed by atoms with E-state index in [0.29, 0.717) is 30.7 Å². The summed E-state index contributed by atoms with van der Waals surface area (Å²) in [5.74, 6) is -4.07.